The van der Waals surface area contributed by atoms with E-state index in [-0.39, 0.29) is 12.3 Å². The number of aliphatic carboxylic acids is 1. The maximum atomic E-state index is 12.0. The van der Waals surface area contributed by atoms with Gasteiger partial charge in [-0.25, -0.2) is 4.79 Å². The summed E-state index contributed by atoms with van der Waals surface area (Å²) in [4.78, 5) is 23.1. The quantitative estimate of drug-likeness (QED) is 0.789. The van der Waals surface area contributed by atoms with Gasteiger partial charge in [-0.15, -0.1) is 0 Å². The Morgan fingerprint density at radius 3 is 2.81 bits per heavy atom. The zero-order chi connectivity index (χ0) is 15.2. The van der Waals surface area contributed by atoms with Gasteiger partial charge in [-0.2, -0.15) is 0 Å². The molecule has 2 rings (SSSR count). The van der Waals surface area contributed by atoms with E-state index in [4.69, 9.17) is 5.11 Å². The van der Waals surface area contributed by atoms with Crippen molar-refractivity contribution in [2.24, 2.45) is 0 Å². The third-order valence-electron chi connectivity index (χ3n) is 3.77. The van der Waals surface area contributed by atoms with Gasteiger partial charge in [0.2, 0.25) is 5.91 Å². The Morgan fingerprint density at radius 2 is 2.10 bits per heavy atom. The van der Waals surface area contributed by atoms with E-state index in [1.165, 1.54) is 17.5 Å². The molecule has 1 aromatic rings. The van der Waals surface area contributed by atoms with Crippen LogP contribution in [0.15, 0.2) is 30.4 Å². The minimum Gasteiger partial charge on any atom is -0.480 e. The molecule has 1 unspecified atom stereocenters. The van der Waals surface area contributed by atoms with Crippen molar-refractivity contribution >= 4 is 11.9 Å². The second-order valence-corrected chi connectivity index (χ2v) is 5.40. The highest BCUT2D eigenvalue weighted by Crippen LogP contribution is 2.22. The number of benzene rings is 1. The number of rotatable bonds is 6. The molecule has 0 saturated heterocycles. The lowest BCUT2D eigenvalue weighted by molar-refractivity contribution is -0.141. The van der Waals surface area contributed by atoms with Gasteiger partial charge >= 0.3 is 5.97 Å². The molecule has 4 heteroatoms. The van der Waals surface area contributed by atoms with Crippen LogP contribution in [0.3, 0.4) is 0 Å². The number of nitrogens with one attached hydrogen (secondary N) is 1. The van der Waals surface area contributed by atoms with E-state index in [9.17, 15) is 9.59 Å². The highest BCUT2D eigenvalue weighted by atomic mass is 16.4. The molecule has 2 N–H and O–H groups in total. The van der Waals surface area contributed by atoms with Crippen molar-refractivity contribution in [1.82, 2.24) is 5.32 Å². The van der Waals surface area contributed by atoms with E-state index in [1.807, 2.05) is 13.0 Å². The molecule has 0 saturated carbocycles. The summed E-state index contributed by atoms with van der Waals surface area (Å²) < 4.78 is 0. The van der Waals surface area contributed by atoms with Crippen LogP contribution in [0.1, 0.15) is 36.5 Å². The third kappa shape index (κ3) is 4.18. The van der Waals surface area contributed by atoms with Crippen molar-refractivity contribution < 1.29 is 14.7 Å². The summed E-state index contributed by atoms with van der Waals surface area (Å²) in [5.74, 6) is -1.25. The molecule has 0 spiro atoms. The minimum atomic E-state index is -1.00. The fourth-order valence-electron chi connectivity index (χ4n) is 2.66. The van der Waals surface area contributed by atoms with Gasteiger partial charge in [0.05, 0.1) is 6.42 Å². The molecule has 1 amide bonds. The molecule has 4 nitrogen and oxygen atoms in total. The monoisotopic (exact) mass is 287 g/mol. The molecule has 0 aromatic heterocycles. The predicted molar refractivity (Wildman–Crippen MR) is 81.2 cm³/mol. The highest BCUT2D eigenvalue weighted by molar-refractivity contribution is 5.85. The molecule has 0 fully saturated rings. The van der Waals surface area contributed by atoms with Crippen LogP contribution in [-0.4, -0.2) is 23.0 Å². The average Bonchev–Trinajstić information content (AvgIpc) is 2.90. The largest absolute Gasteiger partial charge is 0.480 e. The summed E-state index contributed by atoms with van der Waals surface area (Å²) in [5, 5.41) is 11.7. The number of hydrogen-bond acceptors (Lipinski definition) is 2. The Morgan fingerprint density at radius 1 is 1.33 bits per heavy atom. The maximum Gasteiger partial charge on any atom is 0.326 e. The van der Waals surface area contributed by atoms with E-state index in [1.54, 1.807) is 12.2 Å². The van der Waals surface area contributed by atoms with Crippen molar-refractivity contribution in [3.63, 3.8) is 0 Å². The number of carbonyl (C=O) groups excluding carboxylic acids is 1. The van der Waals surface area contributed by atoms with Crippen LogP contribution in [-0.2, 0) is 28.9 Å². The zero-order valence-corrected chi connectivity index (χ0v) is 12.3. The van der Waals surface area contributed by atoms with Gasteiger partial charge < -0.3 is 10.4 Å². The van der Waals surface area contributed by atoms with Crippen LogP contribution in [0, 0.1) is 0 Å². The second-order valence-electron chi connectivity index (χ2n) is 5.40. The molecule has 1 atom stereocenters. The lowest BCUT2D eigenvalue weighted by Crippen LogP contribution is -2.41. The maximum absolute atomic E-state index is 12.0. The summed E-state index contributed by atoms with van der Waals surface area (Å²) in [6, 6.07) is 5.26. The zero-order valence-electron chi connectivity index (χ0n) is 12.3. The molecule has 1 aliphatic carbocycles. The number of fused-ring (bicyclic) bond motifs is 1. The van der Waals surface area contributed by atoms with E-state index in [0.29, 0.717) is 6.42 Å². The first kappa shape index (κ1) is 15.3. The Balaban J connectivity index is 1.95. The van der Waals surface area contributed by atoms with Gasteiger partial charge in [0.1, 0.15) is 6.04 Å². The van der Waals surface area contributed by atoms with Crippen LogP contribution in [0.5, 0.6) is 0 Å². The standard InChI is InChI=1S/C17H21NO3/c1-2-3-7-15(17(20)21)18-16(19)11-12-8-9-13-5-4-6-14(13)10-12/h2-3,8-10,15H,4-7,11H2,1H3,(H,18,19)(H,20,21)/b3-2+. The summed E-state index contributed by atoms with van der Waals surface area (Å²) in [6.07, 6.45) is 7.43. The summed E-state index contributed by atoms with van der Waals surface area (Å²) in [7, 11) is 0. The Kier molecular flexibility index (Phi) is 5.14. The van der Waals surface area contributed by atoms with Crippen LogP contribution < -0.4 is 5.32 Å². The van der Waals surface area contributed by atoms with Crippen molar-refractivity contribution in [3.05, 3.63) is 47.0 Å². The van der Waals surface area contributed by atoms with Gasteiger partial charge in [0, 0.05) is 0 Å². The molecule has 0 bridgehead atoms. The van der Waals surface area contributed by atoms with Crippen LogP contribution in [0.25, 0.3) is 0 Å². The molecule has 21 heavy (non-hydrogen) atoms. The second kappa shape index (κ2) is 7.07. The number of hydrogen-bond donors (Lipinski definition) is 2. The molecule has 0 radical (unpaired) electrons. The number of carboxylic acid groups (broad SMARTS) is 1. The molecule has 112 valence electrons. The minimum absolute atomic E-state index is 0.229. The first-order valence-electron chi connectivity index (χ1n) is 7.34. The van der Waals surface area contributed by atoms with E-state index in [0.717, 1.165) is 18.4 Å². The fourth-order valence-corrected chi connectivity index (χ4v) is 2.66. The first-order valence-corrected chi connectivity index (χ1v) is 7.34. The van der Waals surface area contributed by atoms with Crippen molar-refractivity contribution in [3.8, 4) is 0 Å². The van der Waals surface area contributed by atoms with Gasteiger partial charge in [-0.1, -0.05) is 30.4 Å². The van der Waals surface area contributed by atoms with Gasteiger partial charge in [-0.05, 0) is 49.3 Å². The highest BCUT2D eigenvalue weighted by Gasteiger charge is 2.19. The van der Waals surface area contributed by atoms with Crippen LogP contribution in [0.2, 0.25) is 0 Å². The van der Waals surface area contributed by atoms with Gasteiger partial charge in [0.15, 0.2) is 0 Å². The SMILES string of the molecule is C/C=C/CC(NC(=O)Cc1ccc2c(c1)CCC2)C(=O)O. The predicted octanol–water partition coefficient (Wildman–Crippen LogP) is 2.25. The summed E-state index contributed by atoms with van der Waals surface area (Å²) in [6.45, 7) is 1.82. The van der Waals surface area contributed by atoms with Crippen LogP contribution in [0.4, 0.5) is 0 Å². The van der Waals surface area contributed by atoms with Crippen molar-refractivity contribution in [2.75, 3.05) is 0 Å². The molecule has 1 aliphatic rings. The normalized spacial score (nSPS) is 14.9. The topological polar surface area (TPSA) is 66.4 Å². The number of amides is 1. The average molecular weight is 287 g/mol. The van der Waals surface area contributed by atoms with Crippen molar-refractivity contribution in [1.29, 1.82) is 0 Å². The van der Waals surface area contributed by atoms with E-state index >= 15 is 0 Å². The molecule has 0 aliphatic heterocycles. The first-order chi connectivity index (χ1) is 10.1. The number of carbonyl (C=O) groups is 2. The number of carboxylic acids is 1. The fraction of sp³-hybridized carbons (Fsp3) is 0.412. The summed E-state index contributed by atoms with van der Waals surface area (Å²) >= 11 is 0. The van der Waals surface area contributed by atoms with Crippen LogP contribution >= 0.6 is 0 Å². The van der Waals surface area contributed by atoms with Gasteiger partial charge in [0.25, 0.3) is 0 Å². The Hall–Kier alpha value is -2.10. The van der Waals surface area contributed by atoms with E-state index in [2.05, 4.69) is 17.4 Å². The summed E-state index contributed by atoms with van der Waals surface area (Å²) in [5.41, 5.74) is 3.64. The number of allylic oxidation sites excluding steroid dienone is 1. The van der Waals surface area contributed by atoms with Crippen molar-refractivity contribution in [2.45, 2.75) is 45.1 Å². The van der Waals surface area contributed by atoms with Gasteiger partial charge in [-0.3, -0.25) is 4.79 Å². The molecule has 1 aromatic carbocycles. The Labute approximate surface area is 124 Å². The number of aryl methyl sites for hydroxylation is 2. The van der Waals surface area contributed by atoms with E-state index < -0.39 is 12.0 Å². The molecular formula is C17H21NO3. The lowest BCUT2D eigenvalue weighted by atomic mass is 10.0. The molecule has 0 heterocycles. The molecular weight excluding hydrogens is 266 g/mol. The smallest absolute Gasteiger partial charge is 0.326 e. The Bertz CT molecular complexity index is 563. The lowest BCUT2D eigenvalue weighted by Gasteiger charge is -2.13. The third-order valence-corrected chi connectivity index (χ3v) is 3.77.